The number of hydrogen-bond donors (Lipinski definition) is 1. The first-order chi connectivity index (χ1) is 11.6. The van der Waals surface area contributed by atoms with Gasteiger partial charge in [0.1, 0.15) is 0 Å². The zero-order valence-electron chi connectivity index (χ0n) is 14.4. The molecule has 24 heavy (non-hydrogen) atoms. The second-order valence-electron chi connectivity index (χ2n) is 6.04. The van der Waals surface area contributed by atoms with E-state index >= 15 is 0 Å². The van der Waals surface area contributed by atoms with Crippen molar-refractivity contribution in [3.63, 3.8) is 0 Å². The van der Waals surface area contributed by atoms with E-state index in [0.717, 1.165) is 29.8 Å². The normalized spacial score (nSPS) is 20.5. The molecule has 1 N–H and O–H groups in total. The van der Waals surface area contributed by atoms with Crippen LogP contribution in [0.1, 0.15) is 36.8 Å². The number of carbonyl (C=O) groups is 1. The zero-order valence-corrected chi connectivity index (χ0v) is 14.4. The highest BCUT2D eigenvalue weighted by Crippen LogP contribution is 2.20. The number of amides is 1. The quantitative estimate of drug-likeness (QED) is 0.829. The summed E-state index contributed by atoms with van der Waals surface area (Å²) in [6.07, 6.45) is 5.46. The van der Waals surface area contributed by atoms with Crippen molar-refractivity contribution in [2.24, 2.45) is 7.05 Å². The number of ether oxygens (including phenoxy) is 1. The number of hydrogen-bond acceptors (Lipinski definition) is 5. The molecule has 0 spiro atoms. The molecule has 0 aromatic carbocycles. The predicted octanol–water partition coefficient (Wildman–Crippen LogP) is 0.435. The second kappa shape index (κ2) is 7.12. The van der Waals surface area contributed by atoms with Gasteiger partial charge in [0.2, 0.25) is 5.91 Å². The first-order valence-corrected chi connectivity index (χ1v) is 8.40. The third-order valence-electron chi connectivity index (χ3n) is 4.54. The fourth-order valence-electron chi connectivity index (χ4n) is 3.35. The van der Waals surface area contributed by atoms with Gasteiger partial charge in [-0.25, -0.2) is 4.68 Å². The fourth-order valence-corrected chi connectivity index (χ4v) is 3.35. The first-order valence-electron chi connectivity index (χ1n) is 8.40. The van der Waals surface area contributed by atoms with E-state index in [1.54, 1.807) is 17.1 Å². The molecule has 3 rings (SSSR count). The van der Waals surface area contributed by atoms with Gasteiger partial charge in [-0.2, -0.15) is 5.10 Å². The van der Waals surface area contributed by atoms with Crippen molar-refractivity contribution < 1.29 is 9.53 Å². The Balaban J connectivity index is 1.70. The number of aryl methyl sites for hydroxylation is 2. The van der Waals surface area contributed by atoms with Gasteiger partial charge in [-0.05, 0) is 12.8 Å². The highest BCUT2D eigenvalue weighted by Gasteiger charge is 2.32. The van der Waals surface area contributed by atoms with Crippen molar-refractivity contribution in [3.05, 3.63) is 29.3 Å². The van der Waals surface area contributed by atoms with Crippen molar-refractivity contribution in [2.45, 2.75) is 45.2 Å². The van der Waals surface area contributed by atoms with Gasteiger partial charge in [0.25, 0.3) is 0 Å². The molecular formula is C16H24N6O2. The van der Waals surface area contributed by atoms with Crippen LogP contribution in [0.15, 0.2) is 12.4 Å². The first kappa shape index (κ1) is 16.6. The van der Waals surface area contributed by atoms with Crippen molar-refractivity contribution in [2.75, 3.05) is 13.2 Å². The van der Waals surface area contributed by atoms with E-state index in [1.165, 1.54) is 0 Å². The summed E-state index contributed by atoms with van der Waals surface area (Å²) in [5, 5.41) is 15.5. The van der Waals surface area contributed by atoms with E-state index < -0.39 is 0 Å². The van der Waals surface area contributed by atoms with E-state index in [4.69, 9.17) is 4.74 Å². The van der Waals surface area contributed by atoms with E-state index in [9.17, 15) is 4.79 Å². The lowest BCUT2D eigenvalue weighted by Crippen LogP contribution is -2.41. The molecule has 2 atom stereocenters. The molecule has 8 nitrogen and oxygen atoms in total. The SMILES string of the molecule is CCc1nn(C)c(CC)c1CC(=O)N[C@H]1COC[C@H]1n1ccnn1. The monoisotopic (exact) mass is 332 g/mol. The maximum atomic E-state index is 12.6. The predicted molar refractivity (Wildman–Crippen MR) is 87.5 cm³/mol. The average Bonchev–Trinajstić information content (AvgIpc) is 3.27. The summed E-state index contributed by atoms with van der Waals surface area (Å²) in [6.45, 7) is 5.17. The Morgan fingerprint density at radius 1 is 1.38 bits per heavy atom. The van der Waals surface area contributed by atoms with Crippen molar-refractivity contribution in [1.82, 2.24) is 30.1 Å². The molecule has 0 radical (unpaired) electrons. The van der Waals surface area contributed by atoms with Crippen LogP contribution in [0.2, 0.25) is 0 Å². The number of aromatic nitrogens is 5. The average molecular weight is 332 g/mol. The molecule has 0 unspecified atom stereocenters. The molecule has 1 aliphatic heterocycles. The lowest BCUT2D eigenvalue weighted by atomic mass is 10.0. The van der Waals surface area contributed by atoms with E-state index in [2.05, 4.69) is 34.6 Å². The summed E-state index contributed by atoms with van der Waals surface area (Å²) in [4.78, 5) is 12.6. The molecule has 1 amide bonds. The molecule has 2 aromatic rings. The number of carbonyl (C=O) groups excluding carboxylic acids is 1. The van der Waals surface area contributed by atoms with Crippen molar-refractivity contribution in [1.29, 1.82) is 0 Å². The molecule has 0 aliphatic carbocycles. The maximum Gasteiger partial charge on any atom is 0.224 e. The summed E-state index contributed by atoms with van der Waals surface area (Å²) >= 11 is 0. The molecule has 3 heterocycles. The van der Waals surface area contributed by atoms with Crippen LogP contribution in [-0.2, 0) is 35.8 Å². The Bertz CT molecular complexity index is 694. The number of rotatable bonds is 6. The lowest BCUT2D eigenvalue weighted by molar-refractivity contribution is -0.121. The molecule has 2 aromatic heterocycles. The summed E-state index contributed by atoms with van der Waals surface area (Å²) in [7, 11) is 1.94. The molecule has 1 saturated heterocycles. The Morgan fingerprint density at radius 3 is 2.88 bits per heavy atom. The number of nitrogens with zero attached hydrogens (tertiary/aromatic N) is 5. The van der Waals surface area contributed by atoms with Crippen LogP contribution < -0.4 is 5.32 Å². The standard InChI is InChI=1S/C16H24N6O2/c1-4-12-11(14(5-2)21(3)19-12)8-16(23)18-13-9-24-10-15(13)22-7-6-17-20-22/h6-7,13,15H,4-5,8-10H2,1-3H3,(H,18,23)/t13-,15+/m0/s1. The Kier molecular flexibility index (Phi) is 4.94. The van der Waals surface area contributed by atoms with E-state index in [-0.39, 0.29) is 18.0 Å². The fraction of sp³-hybridized carbons (Fsp3) is 0.625. The maximum absolute atomic E-state index is 12.6. The van der Waals surface area contributed by atoms with Crippen LogP contribution in [0.5, 0.6) is 0 Å². The molecule has 130 valence electrons. The zero-order chi connectivity index (χ0) is 17.1. The van der Waals surface area contributed by atoms with Gasteiger partial charge < -0.3 is 10.1 Å². The van der Waals surface area contributed by atoms with Crippen LogP contribution in [-0.4, -0.2) is 49.9 Å². The van der Waals surface area contributed by atoms with E-state index in [0.29, 0.717) is 19.6 Å². The van der Waals surface area contributed by atoms with Gasteiger partial charge in [-0.15, -0.1) is 5.10 Å². The highest BCUT2D eigenvalue weighted by atomic mass is 16.5. The van der Waals surface area contributed by atoms with Gasteiger partial charge in [-0.3, -0.25) is 9.48 Å². The molecule has 0 bridgehead atoms. The van der Waals surface area contributed by atoms with Gasteiger partial charge >= 0.3 is 0 Å². The topological polar surface area (TPSA) is 86.9 Å². The van der Waals surface area contributed by atoms with Crippen LogP contribution in [0.4, 0.5) is 0 Å². The Labute approximate surface area is 141 Å². The van der Waals surface area contributed by atoms with E-state index in [1.807, 2.05) is 11.7 Å². The van der Waals surface area contributed by atoms with Crippen LogP contribution in [0, 0.1) is 0 Å². The second-order valence-corrected chi connectivity index (χ2v) is 6.04. The summed E-state index contributed by atoms with van der Waals surface area (Å²) in [6, 6.07) is -0.104. The minimum Gasteiger partial charge on any atom is -0.377 e. The molecule has 0 saturated carbocycles. The minimum atomic E-state index is -0.0916. The highest BCUT2D eigenvalue weighted by molar-refractivity contribution is 5.79. The summed E-state index contributed by atoms with van der Waals surface area (Å²) < 4.78 is 9.15. The smallest absolute Gasteiger partial charge is 0.224 e. The van der Waals surface area contributed by atoms with Gasteiger partial charge in [0.05, 0.1) is 43.6 Å². The van der Waals surface area contributed by atoms with Gasteiger partial charge in [0.15, 0.2) is 0 Å². The molecule has 8 heteroatoms. The largest absolute Gasteiger partial charge is 0.377 e. The van der Waals surface area contributed by atoms with Gasteiger partial charge in [0, 0.05) is 24.5 Å². The summed E-state index contributed by atoms with van der Waals surface area (Å²) in [5.41, 5.74) is 3.17. The Hall–Kier alpha value is -2.22. The van der Waals surface area contributed by atoms with Crippen molar-refractivity contribution >= 4 is 5.91 Å². The van der Waals surface area contributed by atoms with Crippen LogP contribution in [0.25, 0.3) is 0 Å². The lowest BCUT2D eigenvalue weighted by Gasteiger charge is -2.19. The minimum absolute atomic E-state index is 0.00647. The third-order valence-corrected chi connectivity index (χ3v) is 4.54. The Morgan fingerprint density at radius 2 is 2.21 bits per heavy atom. The number of nitrogens with one attached hydrogen (secondary N) is 1. The van der Waals surface area contributed by atoms with Crippen molar-refractivity contribution in [3.8, 4) is 0 Å². The third kappa shape index (κ3) is 3.19. The molecule has 1 fully saturated rings. The molecule has 1 aliphatic rings. The molecular weight excluding hydrogens is 308 g/mol. The van der Waals surface area contributed by atoms with Crippen LogP contribution >= 0.6 is 0 Å². The van der Waals surface area contributed by atoms with Crippen LogP contribution in [0.3, 0.4) is 0 Å². The summed E-state index contributed by atoms with van der Waals surface area (Å²) in [5.74, 6) is -0.00647. The van der Waals surface area contributed by atoms with Gasteiger partial charge in [-0.1, -0.05) is 19.1 Å².